The van der Waals surface area contributed by atoms with E-state index in [9.17, 15) is 0 Å². The first-order chi connectivity index (χ1) is 13.8. The molecular weight excluding hydrogens is 349 g/mol. The summed E-state index contributed by atoms with van der Waals surface area (Å²) in [6.07, 6.45) is 10.7. The quantitative estimate of drug-likeness (QED) is 0.455. The number of hydrogen-bond donors (Lipinski definition) is 2. The molecule has 2 N–H and O–H groups in total. The van der Waals surface area contributed by atoms with E-state index in [1.807, 2.05) is 36.9 Å². The van der Waals surface area contributed by atoms with E-state index in [1.165, 1.54) is 32.4 Å². The summed E-state index contributed by atoms with van der Waals surface area (Å²) >= 11 is 0. The molecule has 3 aromatic rings. The van der Waals surface area contributed by atoms with Crippen LogP contribution in [0.1, 0.15) is 31.2 Å². The van der Waals surface area contributed by atoms with Crippen molar-refractivity contribution in [2.45, 2.75) is 32.2 Å². The molecule has 1 aliphatic rings. The van der Waals surface area contributed by atoms with Gasteiger partial charge in [0.25, 0.3) is 0 Å². The van der Waals surface area contributed by atoms with E-state index in [1.54, 1.807) is 6.20 Å². The number of piperidine rings is 1. The fraction of sp³-hybridized carbons (Fsp3) is 0.450. The number of nitrogens with zero attached hydrogens (tertiary/aromatic N) is 5. The molecule has 4 heterocycles. The van der Waals surface area contributed by atoms with Gasteiger partial charge in [-0.15, -0.1) is 0 Å². The molecule has 28 heavy (non-hydrogen) atoms. The lowest BCUT2D eigenvalue weighted by Crippen LogP contribution is -2.31. The van der Waals surface area contributed by atoms with Crippen LogP contribution in [-0.4, -0.2) is 58.5 Å². The Morgan fingerprint density at radius 1 is 1.11 bits per heavy atom. The maximum absolute atomic E-state index is 4.76. The summed E-state index contributed by atoms with van der Waals surface area (Å²) in [7, 11) is 2.04. The minimum Gasteiger partial charge on any atom is -0.370 e. The van der Waals surface area contributed by atoms with Crippen molar-refractivity contribution in [3.8, 4) is 0 Å². The van der Waals surface area contributed by atoms with E-state index in [0.717, 1.165) is 47.8 Å². The van der Waals surface area contributed by atoms with Gasteiger partial charge in [-0.2, -0.15) is 9.61 Å². The van der Waals surface area contributed by atoms with Crippen molar-refractivity contribution in [1.29, 1.82) is 0 Å². The Balaban J connectivity index is 1.40. The molecule has 0 amide bonds. The van der Waals surface area contributed by atoms with Gasteiger partial charge in [0.15, 0.2) is 5.65 Å². The summed E-state index contributed by atoms with van der Waals surface area (Å²) in [5.41, 5.74) is 3.09. The van der Waals surface area contributed by atoms with Crippen molar-refractivity contribution in [3.63, 3.8) is 0 Å². The summed E-state index contributed by atoms with van der Waals surface area (Å²) in [6.45, 7) is 5.28. The number of anilines is 2. The van der Waals surface area contributed by atoms with Gasteiger partial charge >= 0.3 is 0 Å². The summed E-state index contributed by atoms with van der Waals surface area (Å²) < 4.78 is 1.87. The first kappa shape index (κ1) is 18.7. The van der Waals surface area contributed by atoms with Gasteiger partial charge < -0.3 is 15.5 Å². The second-order valence-corrected chi connectivity index (χ2v) is 7.49. The smallest absolute Gasteiger partial charge is 0.153 e. The summed E-state index contributed by atoms with van der Waals surface area (Å²) in [4.78, 5) is 11.5. The molecule has 0 atom stereocenters. The number of nitrogens with one attached hydrogen (secondary N) is 2. The molecule has 0 bridgehead atoms. The number of rotatable bonds is 8. The van der Waals surface area contributed by atoms with E-state index < -0.39 is 0 Å². The van der Waals surface area contributed by atoms with Crippen LogP contribution in [0.4, 0.5) is 11.6 Å². The number of aromatic nitrogens is 4. The van der Waals surface area contributed by atoms with Crippen LogP contribution in [0.5, 0.6) is 0 Å². The second kappa shape index (κ2) is 9.06. The molecule has 1 saturated heterocycles. The Labute approximate surface area is 167 Å². The Morgan fingerprint density at radius 2 is 2.00 bits per heavy atom. The van der Waals surface area contributed by atoms with E-state index in [0.29, 0.717) is 6.54 Å². The Kier molecular flexibility index (Phi) is 6.06. The van der Waals surface area contributed by atoms with Crippen LogP contribution in [0.3, 0.4) is 0 Å². The van der Waals surface area contributed by atoms with Crippen molar-refractivity contribution in [1.82, 2.24) is 24.5 Å². The Bertz CT molecular complexity index is 890. The molecule has 0 aromatic carbocycles. The van der Waals surface area contributed by atoms with Crippen molar-refractivity contribution in [2.75, 3.05) is 36.8 Å². The van der Waals surface area contributed by atoms with Gasteiger partial charge in [-0.05, 0) is 56.0 Å². The summed E-state index contributed by atoms with van der Waals surface area (Å²) in [6, 6.07) is 6.05. The van der Waals surface area contributed by atoms with E-state index >= 15 is 0 Å². The molecule has 3 aromatic heterocycles. The van der Waals surface area contributed by atoms with Crippen LogP contribution in [0.25, 0.3) is 5.65 Å². The average molecular weight is 377 g/mol. The van der Waals surface area contributed by atoms with Crippen LogP contribution in [0, 0.1) is 0 Å². The first-order valence-electron chi connectivity index (χ1n) is 10.2. The van der Waals surface area contributed by atoms with Gasteiger partial charge in [0, 0.05) is 37.7 Å². The van der Waals surface area contributed by atoms with Gasteiger partial charge in [0.05, 0.1) is 0 Å². The molecule has 0 radical (unpaired) electrons. The molecule has 1 aliphatic heterocycles. The third kappa shape index (κ3) is 4.62. The monoisotopic (exact) mass is 377 g/mol. The van der Waals surface area contributed by atoms with Crippen LogP contribution in [0.15, 0.2) is 36.8 Å². The number of pyridine rings is 1. The van der Waals surface area contributed by atoms with Crippen molar-refractivity contribution >= 4 is 30.6 Å². The second-order valence-electron chi connectivity index (χ2n) is 7.49. The Morgan fingerprint density at radius 3 is 2.82 bits per heavy atom. The highest BCUT2D eigenvalue weighted by atomic mass is 15.3. The molecule has 0 unspecified atom stereocenters. The largest absolute Gasteiger partial charge is 0.370 e. The molecule has 4 rings (SSSR count). The maximum Gasteiger partial charge on any atom is 0.153 e. The zero-order chi connectivity index (χ0) is 19.2. The minimum atomic E-state index is 0.695. The summed E-state index contributed by atoms with van der Waals surface area (Å²) in [5, 5.41) is 11.4. The molecular formula is C20H28BN7. The van der Waals surface area contributed by atoms with Crippen LogP contribution < -0.4 is 16.1 Å². The fourth-order valence-electron chi connectivity index (χ4n) is 3.69. The zero-order valence-electron chi connectivity index (χ0n) is 16.6. The lowest BCUT2D eigenvalue weighted by Gasteiger charge is -2.26. The molecule has 7 nitrogen and oxygen atoms in total. The number of hydrogen-bond acceptors (Lipinski definition) is 6. The van der Waals surface area contributed by atoms with Gasteiger partial charge in [0.1, 0.15) is 19.5 Å². The molecule has 0 saturated carbocycles. The topological polar surface area (TPSA) is 70.4 Å². The normalized spacial score (nSPS) is 15.0. The lowest BCUT2D eigenvalue weighted by molar-refractivity contribution is 0.228. The molecule has 8 heteroatoms. The van der Waals surface area contributed by atoms with Crippen molar-refractivity contribution < 1.29 is 0 Å². The van der Waals surface area contributed by atoms with Gasteiger partial charge in [-0.1, -0.05) is 12.5 Å². The fourth-order valence-corrected chi connectivity index (χ4v) is 3.69. The van der Waals surface area contributed by atoms with E-state index in [4.69, 9.17) is 4.98 Å². The number of likely N-dealkylation sites (tertiary alicyclic amines) is 1. The maximum atomic E-state index is 4.76. The van der Waals surface area contributed by atoms with E-state index in [2.05, 4.69) is 31.7 Å². The third-order valence-electron chi connectivity index (χ3n) is 5.25. The first-order valence-corrected chi connectivity index (χ1v) is 10.2. The van der Waals surface area contributed by atoms with Crippen LogP contribution >= 0.6 is 0 Å². The predicted octanol–water partition coefficient (Wildman–Crippen LogP) is 1.28. The average Bonchev–Trinajstić information content (AvgIpc) is 3.12. The van der Waals surface area contributed by atoms with Crippen LogP contribution in [0.2, 0.25) is 0 Å². The standard InChI is InChI=1S/C20H28BN7/c21-17-15-25-28-19(24-14-16-6-4-7-22-13-16)12-18(26-20(17)28)23-8-5-11-27-9-2-1-3-10-27/h4,6-7,12-13,15,24H,1-3,5,8-11,14,21H2,(H,23,26). The number of fused-ring (bicyclic) bond motifs is 1. The molecule has 1 fully saturated rings. The zero-order valence-corrected chi connectivity index (χ0v) is 16.6. The van der Waals surface area contributed by atoms with Gasteiger partial charge in [-0.3, -0.25) is 4.98 Å². The SMILES string of the molecule is Bc1cnn2c(NCc3cccnc3)cc(NCCCN3CCCCC3)nc12. The van der Waals surface area contributed by atoms with Crippen molar-refractivity contribution in [3.05, 3.63) is 42.4 Å². The van der Waals surface area contributed by atoms with Crippen LogP contribution in [-0.2, 0) is 6.54 Å². The lowest BCUT2D eigenvalue weighted by atomic mass is 10.0. The minimum absolute atomic E-state index is 0.695. The van der Waals surface area contributed by atoms with Crippen molar-refractivity contribution in [2.24, 2.45) is 0 Å². The third-order valence-corrected chi connectivity index (χ3v) is 5.25. The highest BCUT2D eigenvalue weighted by molar-refractivity contribution is 6.36. The highest BCUT2D eigenvalue weighted by Crippen LogP contribution is 2.16. The summed E-state index contributed by atoms with van der Waals surface area (Å²) in [5.74, 6) is 1.82. The Hall–Kier alpha value is -2.61. The van der Waals surface area contributed by atoms with Gasteiger partial charge in [-0.25, -0.2) is 4.98 Å². The molecule has 146 valence electrons. The molecule has 0 spiro atoms. The van der Waals surface area contributed by atoms with E-state index in [-0.39, 0.29) is 0 Å². The van der Waals surface area contributed by atoms with Gasteiger partial charge in [0.2, 0.25) is 0 Å². The molecule has 0 aliphatic carbocycles. The highest BCUT2D eigenvalue weighted by Gasteiger charge is 2.11. The predicted molar refractivity (Wildman–Crippen MR) is 116 cm³/mol.